The maximum Gasteiger partial charge on any atom is 0.254 e. The van der Waals surface area contributed by atoms with E-state index in [0.717, 1.165) is 17.1 Å². The lowest BCUT2D eigenvalue weighted by atomic mass is 10.2. The summed E-state index contributed by atoms with van der Waals surface area (Å²) in [6, 6.07) is 18.4. The Hall–Kier alpha value is -3.06. The molecule has 3 rings (SSSR count). The van der Waals surface area contributed by atoms with Gasteiger partial charge in [-0.1, -0.05) is 48.5 Å². The van der Waals surface area contributed by atoms with Crippen LogP contribution in [0, 0.1) is 0 Å². The Balaban J connectivity index is 1.59. The summed E-state index contributed by atoms with van der Waals surface area (Å²) in [5.74, 6) is 0.0372. The lowest BCUT2D eigenvalue weighted by Gasteiger charge is -2.16. The summed E-state index contributed by atoms with van der Waals surface area (Å²) in [6.07, 6.45) is 0. The van der Waals surface area contributed by atoms with E-state index in [1.165, 1.54) is 4.90 Å². The molecule has 1 aromatic heterocycles. The summed E-state index contributed by atoms with van der Waals surface area (Å²) < 4.78 is 4.24. The molecule has 0 aliphatic carbocycles. The van der Waals surface area contributed by atoms with E-state index < -0.39 is 0 Å². The molecule has 7 heteroatoms. The molecule has 0 unspecified atom stereocenters. The molecular formula is C18H16N4O2S. The Morgan fingerprint density at radius 2 is 1.68 bits per heavy atom. The predicted molar refractivity (Wildman–Crippen MR) is 97.4 cm³/mol. The lowest BCUT2D eigenvalue weighted by Crippen LogP contribution is -2.34. The number of carbonyl (C=O) groups excluding carboxylic acids is 2. The van der Waals surface area contributed by atoms with Crippen molar-refractivity contribution in [2.24, 2.45) is 0 Å². The van der Waals surface area contributed by atoms with Crippen LogP contribution in [-0.2, 0) is 4.79 Å². The molecule has 25 heavy (non-hydrogen) atoms. The normalized spacial score (nSPS) is 10.3. The zero-order valence-electron chi connectivity index (χ0n) is 13.5. The topological polar surface area (TPSA) is 75.2 Å². The number of hydrogen-bond donors (Lipinski definition) is 1. The van der Waals surface area contributed by atoms with Gasteiger partial charge in [0.05, 0.1) is 6.54 Å². The minimum atomic E-state index is -0.317. The van der Waals surface area contributed by atoms with Crippen molar-refractivity contribution in [1.29, 1.82) is 0 Å². The first-order chi connectivity index (χ1) is 12.1. The van der Waals surface area contributed by atoms with Crippen molar-refractivity contribution in [3.8, 4) is 11.4 Å². The van der Waals surface area contributed by atoms with Gasteiger partial charge in [-0.25, -0.2) is 0 Å². The number of likely N-dealkylation sites (N-methyl/N-ethyl adjacent to an activating group) is 1. The largest absolute Gasteiger partial charge is 0.332 e. The van der Waals surface area contributed by atoms with E-state index in [2.05, 4.69) is 14.7 Å². The third kappa shape index (κ3) is 4.27. The van der Waals surface area contributed by atoms with Gasteiger partial charge >= 0.3 is 0 Å². The fourth-order valence-corrected chi connectivity index (χ4v) is 2.83. The van der Waals surface area contributed by atoms with Crippen LogP contribution in [0.4, 0.5) is 5.13 Å². The highest BCUT2D eigenvalue weighted by molar-refractivity contribution is 7.10. The van der Waals surface area contributed by atoms with Crippen LogP contribution in [-0.4, -0.2) is 39.7 Å². The number of amides is 2. The van der Waals surface area contributed by atoms with E-state index in [1.807, 2.05) is 36.4 Å². The molecule has 0 radical (unpaired) electrons. The van der Waals surface area contributed by atoms with E-state index in [-0.39, 0.29) is 18.4 Å². The summed E-state index contributed by atoms with van der Waals surface area (Å²) in [7, 11) is 1.59. The standard InChI is InChI=1S/C18H16N4O2S/c1-22(17(24)14-10-6-3-7-11-14)12-15(23)19-18-20-16(21-25-18)13-8-4-2-5-9-13/h2-11H,12H2,1H3,(H,19,20,21,23). The first-order valence-corrected chi connectivity index (χ1v) is 8.40. The van der Waals surface area contributed by atoms with Gasteiger partial charge < -0.3 is 4.90 Å². The van der Waals surface area contributed by atoms with Gasteiger partial charge in [0.25, 0.3) is 5.91 Å². The number of hydrogen-bond acceptors (Lipinski definition) is 5. The van der Waals surface area contributed by atoms with Crippen LogP contribution in [0.15, 0.2) is 60.7 Å². The maximum absolute atomic E-state index is 12.2. The number of nitrogens with zero attached hydrogens (tertiary/aromatic N) is 3. The average molecular weight is 352 g/mol. The predicted octanol–water partition coefficient (Wildman–Crippen LogP) is 2.92. The Morgan fingerprint density at radius 3 is 2.36 bits per heavy atom. The van der Waals surface area contributed by atoms with Crippen molar-refractivity contribution in [3.63, 3.8) is 0 Å². The highest BCUT2D eigenvalue weighted by Gasteiger charge is 2.16. The van der Waals surface area contributed by atoms with Crippen LogP contribution in [0.3, 0.4) is 0 Å². The molecule has 0 aliphatic rings. The van der Waals surface area contributed by atoms with Gasteiger partial charge in [-0.2, -0.15) is 9.36 Å². The molecule has 1 N–H and O–H groups in total. The fourth-order valence-electron chi connectivity index (χ4n) is 2.23. The van der Waals surface area contributed by atoms with Gasteiger partial charge in [0.15, 0.2) is 5.82 Å². The number of rotatable bonds is 5. The maximum atomic E-state index is 12.2. The number of anilines is 1. The third-order valence-corrected chi connectivity index (χ3v) is 4.08. The average Bonchev–Trinajstić information content (AvgIpc) is 3.10. The molecule has 0 bridgehead atoms. The van der Waals surface area contributed by atoms with Gasteiger partial charge in [-0.05, 0) is 12.1 Å². The number of nitrogens with one attached hydrogen (secondary N) is 1. The molecular weight excluding hydrogens is 336 g/mol. The van der Waals surface area contributed by atoms with Crippen LogP contribution < -0.4 is 5.32 Å². The van der Waals surface area contributed by atoms with Gasteiger partial charge in [0.2, 0.25) is 11.0 Å². The molecule has 6 nitrogen and oxygen atoms in total. The van der Waals surface area contributed by atoms with Crippen molar-refractivity contribution >= 4 is 28.5 Å². The SMILES string of the molecule is CN(CC(=O)Nc1nc(-c2ccccc2)ns1)C(=O)c1ccccc1. The quantitative estimate of drug-likeness (QED) is 0.766. The Labute approximate surface area is 149 Å². The van der Waals surface area contributed by atoms with Gasteiger partial charge in [0.1, 0.15) is 0 Å². The second-order valence-corrected chi connectivity index (χ2v) is 6.12. The Morgan fingerprint density at radius 1 is 1.04 bits per heavy atom. The van der Waals surface area contributed by atoms with E-state index in [1.54, 1.807) is 31.3 Å². The summed E-state index contributed by atoms with van der Waals surface area (Å²) in [5, 5.41) is 3.09. The summed E-state index contributed by atoms with van der Waals surface area (Å²) in [4.78, 5) is 30.0. The Kier molecular flexibility index (Phi) is 5.15. The fraction of sp³-hybridized carbons (Fsp3) is 0.111. The van der Waals surface area contributed by atoms with Crippen molar-refractivity contribution in [2.75, 3.05) is 18.9 Å². The molecule has 0 aliphatic heterocycles. The van der Waals surface area contributed by atoms with Gasteiger partial charge in [-0.3, -0.25) is 14.9 Å². The van der Waals surface area contributed by atoms with Crippen molar-refractivity contribution in [2.45, 2.75) is 0 Å². The number of benzene rings is 2. The van der Waals surface area contributed by atoms with Crippen LogP contribution in [0.2, 0.25) is 0 Å². The second kappa shape index (κ2) is 7.67. The van der Waals surface area contributed by atoms with E-state index >= 15 is 0 Å². The summed E-state index contributed by atoms with van der Waals surface area (Å²) in [6.45, 7) is -0.0615. The minimum Gasteiger partial charge on any atom is -0.332 e. The van der Waals surface area contributed by atoms with Crippen LogP contribution >= 0.6 is 11.5 Å². The molecule has 0 fully saturated rings. The monoisotopic (exact) mass is 352 g/mol. The molecule has 3 aromatic rings. The van der Waals surface area contributed by atoms with Crippen LogP contribution in [0.5, 0.6) is 0 Å². The first kappa shape index (κ1) is 16.8. The minimum absolute atomic E-state index is 0.0615. The molecule has 126 valence electrons. The summed E-state index contributed by atoms with van der Waals surface area (Å²) in [5.41, 5.74) is 1.43. The zero-order valence-corrected chi connectivity index (χ0v) is 14.4. The highest BCUT2D eigenvalue weighted by Crippen LogP contribution is 2.20. The van der Waals surface area contributed by atoms with Crippen LogP contribution in [0.25, 0.3) is 11.4 Å². The molecule has 0 saturated heterocycles. The van der Waals surface area contributed by atoms with E-state index in [9.17, 15) is 9.59 Å². The molecule has 1 heterocycles. The molecule has 0 saturated carbocycles. The van der Waals surface area contributed by atoms with E-state index in [4.69, 9.17) is 0 Å². The molecule has 0 spiro atoms. The van der Waals surface area contributed by atoms with Gasteiger partial charge in [0, 0.05) is 29.7 Å². The molecule has 2 aromatic carbocycles. The van der Waals surface area contributed by atoms with Crippen molar-refractivity contribution in [3.05, 3.63) is 66.2 Å². The second-order valence-electron chi connectivity index (χ2n) is 5.36. The zero-order chi connectivity index (χ0) is 17.6. The van der Waals surface area contributed by atoms with Crippen LogP contribution in [0.1, 0.15) is 10.4 Å². The van der Waals surface area contributed by atoms with Crippen molar-refractivity contribution < 1.29 is 9.59 Å². The highest BCUT2D eigenvalue weighted by atomic mass is 32.1. The first-order valence-electron chi connectivity index (χ1n) is 7.63. The third-order valence-electron chi connectivity index (χ3n) is 3.45. The van der Waals surface area contributed by atoms with E-state index in [0.29, 0.717) is 16.5 Å². The lowest BCUT2D eigenvalue weighted by molar-refractivity contribution is -0.116. The smallest absolute Gasteiger partial charge is 0.254 e. The van der Waals surface area contributed by atoms with Gasteiger partial charge in [-0.15, -0.1) is 0 Å². The molecule has 2 amide bonds. The summed E-state index contributed by atoms with van der Waals surface area (Å²) >= 11 is 1.11. The number of aromatic nitrogens is 2. The number of carbonyl (C=O) groups is 2. The Bertz CT molecular complexity index is 865. The van der Waals surface area contributed by atoms with Crippen molar-refractivity contribution in [1.82, 2.24) is 14.3 Å². The molecule has 0 atom stereocenters.